The number of rotatable bonds is 4. The quantitative estimate of drug-likeness (QED) is 0.934. The minimum absolute atomic E-state index is 0.0768. The van der Waals surface area contributed by atoms with Gasteiger partial charge < -0.3 is 10.1 Å². The average Bonchev–Trinajstić information content (AvgIpc) is 2.45. The summed E-state index contributed by atoms with van der Waals surface area (Å²) in [6.07, 6.45) is 0.117. The van der Waals surface area contributed by atoms with Gasteiger partial charge in [0.2, 0.25) is 11.8 Å². The highest BCUT2D eigenvalue weighted by Gasteiger charge is 2.26. The van der Waals surface area contributed by atoms with Gasteiger partial charge in [-0.15, -0.1) is 0 Å². The number of hydrogen-bond donors (Lipinski definition) is 1. The summed E-state index contributed by atoms with van der Waals surface area (Å²) < 4.78 is 41.1. The molecule has 5 nitrogen and oxygen atoms in total. The SMILES string of the molecule is COc1cc(-c2cnc(NCC(F)(F)F)nc2)ccn1. The number of alkyl halides is 3. The van der Waals surface area contributed by atoms with E-state index < -0.39 is 12.7 Å². The van der Waals surface area contributed by atoms with Gasteiger partial charge in [0.25, 0.3) is 0 Å². The van der Waals surface area contributed by atoms with Crippen LogP contribution in [-0.2, 0) is 0 Å². The van der Waals surface area contributed by atoms with Gasteiger partial charge in [0.05, 0.1) is 7.11 Å². The van der Waals surface area contributed by atoms with E-state index in [4.69, 9.17) is 4.74 Å². The molecule has 0 atom stereocenters. The molecule has 0 aliphatic heterocycles. The van der Waals surface area contributed by atoms with Gasteiger partial charge in [-0.1, -0.05) is 0 Å². The molecule has 8 heteroatoms. The van der Waals surface area contributed by atoms with Gasteiger partial charge in [-0.3, -0.25) is 0 Å². The first-order chi connectivity index (χ1) is 9.48. The maximum Gasteiger partial charge on any atom is 0.405 e. The molecule has 2 aromatic heterocycles. The zero-order valence-electron chi connectivity index (χ0n) is 10.5. The third-order valence-corrected chi connectivity index (χ3v) is 2.38. The number of nitrogens with one attached hydrogen (secondary N) is 1. The Morgan fingerprint density at radius 3 is 2.45 bits per heavy atom. The fraction of sp³-hybridized carbons (Fsp3) is 0.250. The van der Waals surface area contributed by atoms with Crippen LogP contribution in [-0.4, -0.2) is 34.8 Å². The van der Waals surface area contributed by atoms with Gasteiger partial charge in [0.15, 0.2) is 0 Å². The Bertz CT molecular complexity index is 572. The molecule has 0 fully saturated rings. The Hall–Kier alpha value is -2.38. The fourth-order valence-electron chi connectivity index (χ4n) is 1.45. The van der Waals surface area contributed by atoms with E-state index in [2.05, 4.69) is 20.3 Å². The van der Waals surface area contributed by atoms with Crippen LogP contribution in [0.2, 0.25) is 0 Å². The maximum atomic E-state index is 12.0. The number of methoxy groups -OCH3 is 1. The average molecular weight is 284 g/mol. The standard InChI is InChI=1S/C12H11F3N4O/c1-20-10-4-8(2-3-16-10)9-5-17-11(18-6-9)19-7-12(13,14)15/h2-6H,7H2,1H3,(H,17,18,19). The van der Waals surface area contributed by atoms with E-state index in [9.17, 15) is 13.2 Å². The van der Waals surface area contributed by atoms with Crippen LogP contribution < -0.4 is 10.1 Å². The molecule has 2 aromatic rings. The maximum absolute atomic E-state index is 12.0. The molecule has 106 valence electrons. The topological polar surface area (TPSA) is 59.9 Å². The molecule has 1 N–H and O–H groups in total. The van der Waals surface area contributed by atoms with E-state index in [0.29, 0.717) is 11.4 Å². The van der Waals surface area contributed by atoms with Crippen molar-refractivity contribution in [1.82, 2.24) is 15.0 Å². The van der Waals surface area contributed by atoms with E-state index in [1.165, 1.54) is 19.5 Å². The Morgan fingerprint density at radius 1 is 1.15 bits per heavy atom. The molecule has 0 unspecified atom stereocenters. The summed E-state index contributed by atoms with van der Waals surface area (Å²) in [7, 11) is 1.49. The van der Waals surface area contributed by atoms with Crippen molar-refractivity contribution in [3.63, 3.8) is 0 Å². The highest BCUT2D eigenvalue weighted by atomic mass is 19.4. The van der Waals surface area contributed by atoms with Crippen LogP contribution in [0, 0.1) is 0 Å². The first-order valence-electron chi connectivity index (χ1n) is 5.61. The lowest BCUT2D eigenvalue weighted by Crippen LogP contribution is -2.22. The third kappa shape index (κ3) is 3.81. The lowest BCUT2D eigenvalue weighted by molar-refractivity contribution is -0.115. The van der Waals surface area contributed by atoms with E-state index in [1.807, 2.05) is 0 Å². The first-order valence-corrected chi connectivity index (χ1v) is 5.61. The van der Waals surface area contributed by atoms with Crippen molar-refractivity contribution in [1.29, 1.82) is 0 Å². The molecule has 0 aliphatic carbocycles. The second kappa shape index (κ2) is 5.72. The van der Waals surface area contributed by atoms with Crippen LogP contribution in [0.4, 0.5) is 19.1 Å². The second-order valence-electron chi connectivity index (χ2n) is 3.85. The van der Waals surface area contributed by atoms with Crippen molar-refractivity contribution >= 4 is 5.95 Å². The van der Waals surface area contributed by atoms with E-state index in [1.54, 1.807) is 18.3 Å². The summed E-state index contributed by atoms with van der Waals surface area (Å²) in [6.45, 7) is -1.17. The molecule has 0 radical (unpaired) electrons. The lowest BCUT2D eigenvalue weighted by atomic mass is 10.1. The minimum atomic E-state index is -4.31. The highest BCUT2D eigenvalue weighted by Crippen LogP contribution is 2.21. The summed E-state index contributed by atoms with van der Waals surface area (Å²) >= 11 is 0. The van der Waals surface area contributed by atoms with E-state index in [0.717, 1.165) is 5.56 Å². The molecule has 0 saturated heterocycles. The molecule has 0 aliphatic rings. The third-order valence-electron chi connectivity index (χ3n) is 2.38. The Labute approximate surface area is 112 Å². The summed E-state index contributed by atoms with van der Waals surface area (Å²) in [5.41, 5.74) is 1.42. The molecule has 0 bridgehead atoms. The summed E-state index contributed by atoms with van der Waals surface area (Å²) in [6, 6.07) is 3.41. The number of aromatic nitrogens is 3. The number of hydrogen-bond acceptors (Lipinski definition) is 5. The molecule has 0 saturated carbocycles. The van der Waals surface area contributed by atoms with Gasteiger partial charge in [0, 0.05) is 30.2 Å². The van der Waals surface area contributed by atoms with Gasteiger partial charge in [0.1, 0.15) is 6.54 Å². The number of halogens is 3. The number of ether oxygens (including phenoxy) is 1. The smallest absolute Gasteiger partial charge is 0.405 e. The predicted octanol–water partition coefficient (Wildman–Crippen LogP) is 2.52. The highest BCUT2D eigenvalue weighted by molar-refractivity contribution is 5.62. The van der Waals surface area contributed by atoms with E-state index >= 15 is 0 Å². The van der Waals surface area contributed by atoms with Gasteiger partial charge in [-0.05, 0) is 11.6 Å². The summed E-state index contributed by atoms with van der Waals surface area (Å²) in [4.78, 5) is 11.6. The molecule has 20 heavy (non-hydrogen) atoms. The fourth-order valence-corrected chi connectivity index (χ4v) is 1.45. The van der Waals surface area contributed by atoms with Crippen LogP contribution in [0.3, 0.4) is 0 Å². The van der Waals surface area contributed by atoms with Crippen LogP contribution in [0.1, 0.15) is 0 Å². The molecular formula is C12H11F3N4O. The van der Waals surface area contributed by atoms with Crippen molar-refractivity contribution < 1.29 is 17.9 Å². The monoisotopic (exact) mass is 284 g/mol. The van der Waals surface area contributed by atoms with E-state index in [-0.39, 0.29) is 5.95 Å². The zero-order chi connectivity index (χ0) is 14.6. The van der Waals surface area contributed by atoms with Gasteiger partial charge in [-0.25, -0.2) is 15.0 Å². The number of nitrogens with zero attached hydrogens (tertiary/aromatic N) is 3. The molecule has 2 heterocycles. The van der Waals surface area contributed by atoms with Crippen molar-refractivity contribution in [3.8, 4) is 17.0 Å². The Balaban J connectivity index is 2.11. The molecule has 0 amide bonds. The molecule has 0 spiro atoms. The van der Waals surface area contributed by atoms with Gasteiger partial charge >= 0.3 is 6.18 Å². The van der Waals surface area contributed by atoms with Crippen LogP contribution in [0.25, 0.3) is 11.1 Å². The largest absolute Gasteiger partial charge is 0.481 e. The molecule has 0 aromatic carbocycles. The lowest BCUT2D eigenvalue weighted by Gasteiger charge is -2.08. The van der Waals surface area contributed by atoms with Crippen molar-refractivity contribution in [2.45, 2.75) is 6.18 Å². The van der Waals surface area contributed by atoms with Crippen LogP contribution >= 0.6 is 0 Å². The van der Waals surface area contributed by atoms with Crippen molar-refractivity contribution in [3.05, 3.63) is 30.7 Å². The Kier molecular flexibility index (Phi) is 4.02. The number of pyridine rings is 1. The normalized spacial score (nSPS) is 11.2. The first kappa shape index (κ1) is 14.0. The molecular weight excluding hydrogens is 273 g/mol. The van der Waals surface area contributed by atoms with Crippen LogP contribution in [0.15, 0.2) is 30.7 Å². The van der Waals surface area contributed by atoms with Crippen molar-refractivity contribution in [2.75, 3.05) is 19.0 Å². The van der Waals surface area contributed by atoms with Gasteiger partial charge in [-0.2, -0.15) is 13.2 Å². The zero-order valence-corrected chi connectivity index (χ0v) is 10.5. The van der Waals surface area contributed by atoms with Crippen LogP contribution in [0.5, 0.6) is 5.88 Å². The van der Waals surface area contributed by atoms with Crippen molar-refractivity contribution in [2.24, 2.45) is 0 Å². The summed E-state index contributed by atoms with van der Waals surface area (Å²) in [5.74, 6) is 0.355. The Morgan fingerprint density at radius 2 is 1.85 bits per heavy atom. The summed E-state index contributed by atoms with van der Waals surface area (Å²) in [5, 5.41) is 2.10. The molecule has 2 rings (SSSR count). The predicted molar refractivity (Wildman–Crippen MR) is 66.4 cm³/mol. The second-order valence-corrected chi connectivity index (χ2v) is 3.85. The number of anilines is 1. The minimum Gasteiger partial charge on any atom is -0.481 e.